The Balaban J connectivity index is 2.39. The molecule has 2 N–H and O–H groups in total. The predicted molar refractivity (Wildman–Crippen MR) is 83.3 cm³/mol. The third kappa shape index (κ3) is 2.50. The summed E-state index contributed by atoms with van der Waals surface area (Å²) in [5, 5.41) is 1.64. The van der Waals surface area contributed by atoms with E-state index in [1.54, 1.807) is 10.8 Å². The maximum atomic E-state index is 5.65. The smallest absolute Gasteiger partial charge is 0.0341 e. The standard InChI is InChI=1S/C16H23NSi/c1-16(2,3)15-13(8-9-14(15)18)12-6-4-11(10-17)5-7-12/h4-8H,9-10,17H2,1-3,18H3. The quantitative estimate of drug-likeness (QED) is 0.810. The van der Waals surface area contributed by atoms with Gasteiger partial charge in [0.25, 0.3) is 0 Å². The van der Waals surface area contributed by atoms with Crippen LogP contribution in [0.2, 0.25) is 0 Å². The molecule has 1 aromatic carbocycles. The number of benzene rings is 1. The average Bonchev–Trinajstić information content (AvgIpc) is 2.71. The van der Waals surface area contributed by atoms with Gasteiger partial charge in [-0.25, -0.2) is 0 Å². The summed E-state index contributed by atoms with van der Waals surface area (Å²) in [6.07, 6.45) is 3.53. The zero-order valence-corrected chi connectivity index (χ0v) is 13.9. The van der Waals surface area contributed by atoms with Crippen molar-refractivity contribution in [1.82, 2.24) is 0 Å². The van der Waals surface area contributed by atoms with Crippen LogP contribution in [0, 0.1) is 5.41 Å². The average molecular weight is 257 g/mol. The Morgan fingerprint density at radius 1 is 1.17 bits per heavy atom. The topological polar surface area (TPSA) is 26.0 Å². The van der Waals surface area contributed by atoms with Crippen LogP contribution in [0.1, 0.15) is 38.3 Å². The minimum absolute atomic E-state index is 0.242. The highest BCUT2D eigenvalue weighted by Crippen LogP contribution is 2.42. The Bertz CT molecular complexity index is 501. The molecule has 0 aliphatic heterocycles. The zero-order valence-electron chi connectivity index (χ0n) is 11.9. The highest BCUT2D eigenvalue weighted by molar-refractivity contribution is 6.24. The van der Waals surface area contributed by atoms with Crippen molar-refractivity contribution in [1.29, 1.82) is 0 Å². The summed E-state index contributed by atoms with van der Waals surface area (Å²) in [5.41, 5.74) is 11.4. The number of hydrogen-bond acceptors (Lipinski definition) is 1. The molecule has 0 spiro atoms. The molecule has 0 radical (unpaired) electrons. The van der Waals surface area contributed by atoms with Gasteiger partial charge >= 0.3 is 0 Å². The van der Waals surface area contributed by atoms with Crippen LogP contribution in [-0.2, 0) is 6.54 Å². The van der Waals surface area contributed by atoms with Crippen molar-refractivity contribution in [2.75, 3.05) is 0 Å². The normalized spacial score (nSPS) is 16.3. The summed E-state index contributed by atoms with van der Waals surface area (Å²) in [7, 11) is 1.16. The molecular weight excluding hydrogens is 234 g/mol. The van der Waals surface area contributed by atoms with E-state index in [0.717, 1.165) is 16.7 Å². The molecule has 0 unspecified atom stereocenters. The lowest BCUT2D eigenvalue weighted by Crippen LogP contribution is -2.11. The van der Waals surface area contributed by atoms with Gasteiger partial charge in [-0.05, 0) is 34.1 Å². The summed E-state index contributed by atoms with van der Waals surface area (Å²) in [6.45, 7) is 7.56. The molecule has 1 aromatic rings. The highest BCUT2D eigenvalue weighted by atomic mass is 28.1. The third-order valence-electron chi connectivity index (χ3n) is 3.56. The van der Waals surface area contributed by atoms with E-state index in [-0.39, 0.29) is 5.41 Å². The molecule has 1 aliphatic rings. The van der Waals surface area contributed by atoms with Crippen LogP contribution in [-0.4, -0.2) is 10.2 Å². The van der Waals surface area contributed by atoms with Crippen LogP contribution in [0.5, 0.6) is 0 Å². The van der Waals surface area contributed by atoms with Gasteiger partial charge in [-0.2, -0.15) is 0 Å². The van der Waals surface area contributed by atoms with Gasteiger partial charge in [0.2, 0.25) is 0 Å². The zero-order chi connectivity index (χ0) is 13.3. The number of hydrogen-bond donors (Lipinski definition) is 1. The Kier molecular flexibility index (Phi) is 3.60. The fourth-order valence-corrected chi connectivity index (χ4v) is 4.04. The Labute approximate surface area is 113 Å². The van der Waals surface area contributed by atoms with E-state index in [0.29, 0.717) is 6.54 Å². The highest BCUT2D eigenvalue weighted by Gasteiger charge is 2.26. The molecule has 2 heteroatoms. The van der Waals surface area contributed by atoms with Crippen molar-refractivity contribution in [3.05, 3.63) is 52.2 Å². The molecule has 0 aromatic heterocycles. The molecule has 2 rings (SSSR count). The van der Waals surface area contributed by atoms with Gasteiger partial charge < -0.3 is 5.73 Å². The monoisotopic (exact) mass is 257 g/mol. The lowest BCUT2D eigenvalue weighted by Gasteiger charge is -2.25. The first-order chi connectivity index (χ1) is 8.43. The molecule has 0 fully saturated rings. The second-order valence-corrected chi connectivity index (χ2v) is 7.34. The van der Waals surface area contributed by atoms with Crippen molar-refractivity contribution in [3.63, 3.8) is 0 Å². The summed E-state index contributed by atoms with van der Waals surface area (Å²) in [6, 6.07) is 8.70. The third-order valence-corrected chi connectivity index (χ3v) is 4.47. The largest absolute Gasteiger partial charge is 0.326 e. The van der Waals surface area contributed by atoms with Gasteiger partial charge in [0.1, 0.15) is 0 Å². The van der Waals surface area contributed by atoms with Gasteiger partial charge in [-0.1, -0.05) is 56.3 Å². The van der Waals surface area contributed by atoms with Crippen molar-refractivity contribution >= 4 is 15.8 Å². The SMILES string of the molecule is CC(C)(C)C1=C([SiH3])CC=C1c1ccc(CN)cc1. The molecule has 1 nitrogen and oxygen atoms in total. The predicted octanol–water partition coefficient (Wildman–Crippen LogP) is 2.60. The molecule has 0 saturated carbocycles. The first kappa shape index (κ1) is 13.3. The van der Waals surface area contributed by atoms with E-state index >= 15 is 0 Å². The maximum Gasteiger partial charge on any atom is 0.0341 e. The fourth-order valence-electron chi connectivity index (χ4n) is 2.82. The van der Waals surface area contributed by atoms with Crippen LogP contribution in [0.4, 0.5) is 0 Å². The van der Waals surface area contributed by atoms with Gasteiger partial charge in [-0.3, -0.25) is 0 Å². The minimum atomic E-state index is 0.242. The summed E-state index contributed by atoms with van der Waals surface area (Å²) < 4.78 is 0. The molecule has 1 aliphatic carbocycles. The van der Waals surface area contributed by atoms with E-state index in [2.05, 4.69) is 51.1 Å². The maximum absolute atomic E-state index is 5.65. The lowest BCUT2D eigenvalue weighted by molar-refractivity contribution is 0.520. The van der Waals surface area contributed by atoms with Crippen LogP contribution in [0.3, 0.4) is 0 Å². The number of rotatable bonds is 2. The molecule has 0 amide bonds. The lowest BCUT2D eigenvalue weighted by atomic mass is 9.81. The summed E-state index contributed by atoms with van der Waals surface area (Å²) in [5.74, 6) is 0. The first-order valence-corrected chi connectivity index (χ1v) is 7.63. The van der Waals surface area contributed by atoms with Crippen molar-refractivity contribution in [2.24, 2.45) is 11.1 Å². The van der Waals surface area contributed by atoms with Gasteiger partial charge in [0, 0.05) is 16.8 Å². The molecule has 0 heterocycles. The van der Waals surface area contributed by atoms with E-state index in [1.165, 1.54) is 16.7 Å². The molecule has 18 heavy (non-hydrogen) atoms. The first-order valence-electron chi connectivity index (χ1n) is 6.63. The second-order valence-electron chi connectivity index (χ2n) is 6.13. The molecule has 0 saturated heterocycles. The van der Waals surface area contributed by atoms with E-state index < -0.39 is 0 Å². The Morgan fingerprint density at radius 3 is 2.28 bits per heavy atom. The van der Waals surface area contributed by atoms with Crippen LogP contribution < -0.4 is 5.73 Å². The van der Waals surface area contributed by atoms with E-state index in [1.807, 2.05) is 0 Å². The molecular formula is C16H23NSi. The fraction of sp³-hybridized carbons (Fsp3) is 0.375. The van der Waals surface area contributed by atoms with Gasteiger partial charge in [0.05, 0.1) is 0 Å². The van der Waals surface area contributed by atoms with Gasteiger partial charge in [0.15, 0.2) is 0 Å². The van der Waals surface area contributed by atoms with Crippen LogP contribution in [0.25, 0.3) is 5.57 Å². The Hall–Kier alpha value is -1.12. The van der Waals surface area contributed by atoms with Crippen molar-refractivity contribution < 1.29 is 0 Å². The second kappa shape index (κ2) is 4.86. The van der Waals surface area contributed by atoms with Crippen LogP contribution in [0.15, 0.2) is 41.1 Å². The van der Waals surface area contributed by atoms with Crippen molar-refractivity contribution in [3.8, 4) is 0 Å². The molecule has 0 atom stereocenters. The number of nitrogens with two attached hydrogens (primary N) is 1. The number of allylic oxidation sites excluding steroid dienone is 4. The van der Waals surface area contributed by atoms with Gasteiger partial charge in [-0.15, -0.1) is 0 Å². The minimum Gasteiger partial charge on any atom is -0.326 e. The molecule has 0 bridgehead atoms. The summed E-state index contributed by atoms with van der Waals surface area (Å²) >= 11 is 0. The molecule has 96 valence electrons. The van der Waals surface area contributed by atoms with E-state index in [4.69, 9.17) is 5.73 Å². The Morgan fingerprint density at radius 2 is 1.78 bits per heavy atom. The summed E-state index contributed by atoms with van der Waals surface area (Å²) in [4.78, 5) is 0. The van der Waals surface area contributed by atoms with Crippen molar-refractivity contribution in [2.45, 2.75) is 33.7 Å². The van der Waals surface area contributed by atoms with E-state index in [9.17, 15) is 0 Å². The van der Waals surface area contributed by atoms with Crippen LogP contribution >= 0.6 is 0 Å².